The van der Waals surface area contributed by atoms with E-state index in [4.69, 9.17) is 15.2 Å². The first-order valence-electron chi connectivity index (χ1n) is 5.46. The topological polar surface area (TPSA) is 44.5 Å². The lowest BCUT2D eigenvalue weighted by Crippen LogP contribution is -2.20. The third-order valence-corrected chi connectivity index (χ3v) is 2.54. The fourth-order valence-electron chi connectivity index (χ4n) is 1.71. The van der Waals surface area contributed by atoms with E-state index < -0.39 is 0 Å². The molecule has 0 spiro atoms. The fourth-order valence-corrected chi connectivity index (χ4v) is 1.71. The predicted molar refractivity (Wildman–Crippen MR) is 59.3 cm³/mol. The molecule has 1 heterocycles. The Hall–Kier alpha value is -1.22. The van der Waals surface area contributed by atoms with E-state index in [0.29, 0.717) is 6.61 Å². The number of rotatable bonds is 3. The molecule has 3 heteroatoms. The minimum Gasteiger partial charge on any atom is -0.494 e. The molecule has 0 bridgehead atoms. The van der Waals surface area contributed by atoms with E-state index in [2.05, 4.69) is 6.92 Å². The Morgan fingerprint density at radius 3 is 3.20 bits per heavy atom. The Labute approximate surface area is 90.2 Å². The minimum atomic E-state index is 0.0823. The van der Waals surface area contributed by atoms with Crippen molar-refractivity contribution in [2.75, 3.05) is 13.2 Å². The van der Waals surface area contributed by atoms with E-state index in [1.165, 1.54) is 0 Å². The van der Waals surface area contributed by atoms with Crippen LogP contribution in [0.15, 0.2) is 18.2 Å². The fraction of sp³-hybridized carbons (Fsp3) is 0.500. The molecule has 1 aromatic carbocycles. The third-order valence-electron chi connectivity index (χ3n) is 2.54. The largest absolute Gasteiger partial charge is 0.494 e. The third kappa shape index (κ3) is 2.23. The number of benzene rings is 1. The van der Waals surface area contributed by atoms with E-state index in [0.717, 1.165) is 36.5 Å². The van der Waals surface area contributed by atoms with Crippen LogP contribution in [0.3, 0.4) is 0 Å². The molecule has 82 valence electrons. The van der Waals surface area contributed by atoms with Crippen LogP contribution in [-0.2, 0) is 0 Å². The Balaban J connectivity index is 2.19. The van der Waals surface area contributed by atoms with Crippen LogP contribution in [0, 0.1) is 0 Å². The number of nitrogens with two attached hydrogens (primary N) is 1. The van der Waals surface area contributed by atoms with Gasteiger partial charge in [-0.05, 0) is 24.6 Å². The molecule has 0 unspecified atom stereocenters. The van der Waals surface area contributed by atoms with Crippen molar-refractivity contribution in [2.24, 2.45) is 5.73 Å². The molecule has 1 aliphatic rings. The predicted octanol–water partition coefficient (Wildman–Crippen LogP) is 2.26. The molecule has 2 rings (SSSR count). The van der Waals surface area contributed by atoms with Crippen LogP contribution in [0.25, 0.3) is 0 Å². The van der Waals surface area contributed by atoms with Gasteiger partial charge in [-0.3, -0.25) is 0 Å². The van der Waals surface area contributed by atoms with Gasteiger partial charge in [0.2, 0.25) is 0 Å². The molecular weight excluding hydrogens is 190 g/mol. The lowest BCUT2D eigenvalue weighted by Gasteiger charge is -2.23. The number of fused-ring (bicyclic) bond motifs is 1. The summed E-state index contributed by atoms with van der Waals surface area (Å²) in [6.45, 7) is 3.55. The van der Waals surface area contributed by atoms with Crippen LogP contribution in [0.4, 0.5) is 0 Å². The zero-order valence-electron chi connectivity index (χ0n) is 9.03. The molecule has 1 aliphatic heterocycles. The smallest absolute Gasteiger partial charge is 0.124 e. The summed E-state index contributed by atoms with van der Waals surface area (Å²) in [7, 11) is 0. The second-order valence-corrected chi connectivity index (χ2v) is 3.79. The van der Waals surface area contributed by atoms with Crippen LogP contribution < -0.4 is 15.2 Å². The number of hydrogen-bond donors (Lipinski definition) is 1. The second kappa shape index (κ2) is 4.53. The summed E-state index contributed by atoms with van der Waals surface area (Å²) in [5.41, 5.74) is 7.07. The molecule has 2 N–H and O–H groups in total. The molecule has 0 fully saturated rings. The molecule has 0 saturated carbocycles. The van der Waals surface area contributed by atoms with Gasteiger partial charge in [0.25, 0.3) is 0 Å². The molecule has 1 aromatic rings. The molecule has 0 amide bonds. The zero-order valence-corrected chi connectivity index (χ0v) is 9.03. The highest BCUT2D eigenvalue weighted by Gasteiger charge is 2.18. The molecule has 0 aliphatic carbocycles. The van der Waals surface area contributed by atoms with Crippen molar-refractivity contribution < 1.29 is 9.47 Å². The van der Waals surface area contributed by atoms with Gasteiger partial charge < -0.3 is 15.2 Å². The van der Waals surface area contributed by atoms with Crippen molar-refractivity contribution in [1.29, 1.82) is 0 Å². The second-order valence-electron chi connectivity index (χ2n) is 3.79. The van der Waals surface area contributed by atoms with Gasteiger partial charge in [-0.2, -0.15) is 0 Å². The first-order chi connectivity index (χ1) is 7.31. The number of hydrogen-bond acceptors (Lipinski definition) is 3. The quantitative estimate of drug-likeness (QED) is 0.826. The maximum absolute atomic E-state index is 6.01. The highest BCUT2D eigenvalue weighted by molar-refractivity contribution is 5.43. The summed E-state index contributed by atoms with van der Waals surface area (Å²) in [5, 5.41) is 0. The minimum absolute atomic E-state index is 0.0823. The van der Waals surface area contributed by atoms with Gasteiger partial charge in [0, 0.05) is 18.0 Å². The summed E-state index contributed by atoms with van der Waals surface area (Å²) in [5.74, 6) is 1.79. The van der Waals surface area contributed by atoms with Gasteiger partial charge >= 0.3 is 0 Å². The Morgan fingerprint density at radius 2 is 2.40 bits per heavy atom. The monoisotopic (exact) mass is 207 g/mol. The van der Waals surface area contributed by atoms with E-state index in [1.54, 1.807) is 0 Å². The normalized spacial score (nSPS) is 19.2. The molecular formula is C12H17NO2. The first kappa shape index (κ1) is 10.3. The van der Waals surface area contributed by atoms with Crippen LogP contribution in [0.5, 0.6) is 11.5 Å². The first-order valence-corrected chi connectivity index (χ1v) is 5.46. The van der Waals surface area contributed by atoms with Crippen molar-refractivity contribution >= 4 is 0 Å². The van der Waals surface area contributed by atoms with Gasteiger partial charge in [0.1, 0.15) is 11.5 Å². The molecule has 3 nitrogen and oxygen atoms in total. The van der Waals surface area contributed by atoms with E-state index in [9.17, 15) is 0 Å². The Bertz CT molecular complexity index is 338. The Kier molecular flexibility index (Phi) is 3.11. The molecule has 0 saturated heterocycles. The summed E-state index contributed by atoms with van der Waals surface area (Å²) in [6, 6.07) is 5.96. The van der Waals surface area contributed by atoms with Crippen molar-refractivity contribution in [1.82, 2.24) is 0 Å². The van der Waals surface area contributed by atoms with Crippen molar-refractivity contribution in [2.45, 2.75) is 25.8 Å². The molecule has 0 aromatic heterocycles. The van der Waals surface area contributed by atoms with Gasteiger partial charge in [-0.1, -0.05) is 6.92 Å². The SMILES string of the molecule is CCCOc1ccc2c(c1)[C@@H](N)CCO2. The average Bonchev–Trinajstić information content (AvgIpc) is 2.27. The summed E-state index contributed by atoms with van der Waals surface area (Å²) < 4.78 is 11.1. The lowest BCUT2D eigenvalue weighted by molar-refractivity contribution is 0.266. The van der Waals surface area contributed by atoms with Crippen molar-refractivity contribution in [3.63, 3.8) is 0 Å². The zero-order chi connectivity index (χ0) is 10.7. The number of ether oxygens (including phenoxy) is 2. The summed E-state index contributed by atoms with van der Waals surface area (Å²) in [6.07, 6.45) is 1.89. The van der Waals surface area contributed by atoms with Crippen molar-refractivity contribution in [3.05, 3.63) is 23.8 Å². The summed E-state index contributed by atoms with van der Waals surface area (Å²) >= 11 is 0. The highest BCUT2D eigenvalue weighted by atomic mass is 16.5. The maximum Gasteiger partial charge on any atom is 0.124 e. The van der Waals surface area contributed by atoms with E-state index in [1.807, 2.05) is 18.2 Å². The maximum atomic E-state index is 6.01. The van der Waals surface area contributed by atoms with Crippen molar-refractivity contribution in [3.8, 4) is 11.5 Å². The van der Waals surface area contributed by atoms with Gasteiger partial charge in [0.15, 0.2) is 0 Å². The average molecular weight is 207 g/mol. The highest BCUT2D eigenvalue weighted by Crippen LogP contribution is 2.33. The summed E-state index contributed by atoms with van der Waals surface area (Å²) in [4.78, 5) is 0. The van der Waals surface area contributed by atoms with E-state index >= 15 is 0 Å². The molecule has 0 radical (unpaired) electrons. The lowest BCUT2D eigenvalue weighted by atomic mass is 10.0. The van der Waals surface area contributed by atoms with Gasteiger partial charge in [0.05, 0.1) is 13.2 Å². The van der Waals surface area contributed by atoms with E-state index in [-0.39, 0.29) is 6.04 Å². The molecule has 1 atom stereocenters. The standard InChI is InChI=1S/C12H17NO2/c1-2-6-14-9-3-4-12-10(8-9)11(13)5-7-15-12/h3-4,8,11H,2,5-7,13H2,1H3/t11-/m0/s1. The van der Waals surface area contributed by atoms with Crippen LogP contribution >= 0.6 is 0 Å². The Morgan fingerprint density at radius 1 is 1.53 bits per heavy atom. The molecule has 15 heavy (non-hydrogen) atoms. The van der Waals surface area contributed by atoms with Crippen LogP contribution in [0.2, 0.25) is 0 Å². The van der Waals surface area contributed by atoms with Gasteiger partial charge in [-0.25, -0.2) is 0 Å². The van der Waals surface area contributed by atoms with Crippen LogP contribution in [0.1, 0.15) is 31.4 Å². The van der Waals surface area contributed by atoms with Gasteiger partial charge in [-0.15, -0.1) is 0 Å². The van der Waals surface area contributed by atoms with Crippen LogP contribution in [-0.4, -0.2) is 13.2 Å².